The van der Waals surface area contributed by atoms with E-state index in [2.05, 4.69) is 25.5 Å². The fraction of sp³-hybridized carbons (Fsp3) is 0.960. The van der Waals surface area contributed by atoms with E-state index >= 15 is 0 Å². The molecule has 0 aromatic carbocycles. The number of hydrogen-bond donors (Lipinski definition) is 3. The lowest BCUT2D eigenvalue weighted by Crippen LogP contribution is -2.63. The van der Waals surface area contributed by atoms with E-state index in [0.29, 0.717) is 25.7 Å². The summed E-state index contributed by atoms with van der Waals surface area (Å²) in [6.07, 6.45) is 5.93. The van der Waals surface area contributed by atoms with Gasteiger partial charge in [0.2, 0.25) is 0 Å². The molecule has 4 aliphatic rings. The zero-order valence-corrected chi connectivity index (χ0v) is 21.7. The maximum absolute atomic E-state index is 13.4. The molecule has 4 rings (SSSR count). The molecule has 4 fully saturated rings. The highest BCUT2D eigenvalue weighted by molar-refractivity contribution is 7.90. The first kappa shape index (κ1) is 27.2. The molecule has 0 saturated heterocycles. The number of aliphatic hydroxyl groups is 1. The molecule has 0 bridgehead atoms. The van der Waals surface area contributed by atoms with Crippen molar-refractivity contribution in [2.45, 2.75) is 103 Å². The van der Waals surface area contributed by atoms with Crippen molar-refractivity contribution in [3.63, 3.8) is 0 Å². The third-order valence-electron chi connectivity index (χ3n) is 10.9. The number of nitrogens with one attached hydrogen (secondary N) is 1. The molecule has 0 aromatic heterocycles. The number of carboxylic acid groups (broad SMARTS) is 1. The molecular formula is C25H40F3NO5S. The Kier molecular flexibility index (Phi) is 7.11. The van der Waals surface area contributed by atoms with Crippen molar-refractivity contribution in [1.82, 2.24) is 4.72 Å². The van der Waals surface area contributed by atoms with Crippen LogP contribution in [0.1, 0.15) is 85.0 Å². The fourth-order valence-electron chi connectivity index (χ4n) is 9.16. The van der Waals surface area contributed by atoms with Crippen LogP contribution in [0.15, 0.2) is 0 Å². The van der Waals surface area contributed by atoms with Crippen molar-refractivity contribution >= 4 is 16.0 Å². The Balaban J connectivity index is 1.68. The molecule has 0 radical (unpaired) electrons. The molecule has 3 N–H and O–H groups in total. The van der Waals surface area contributed by atoms with Gasteiger partial charge in [0.15, 0.2) is 0 Å². The molecule has 0 aliphatic heterocycles. The summed E-state index contributed by atoms with van der Waals surface area (Å²) in [7, 11) is -5.49. The van der Waals surface area contributed by atoms with Crippen LogP contribution in [0, 0.1) is 46.3 Å². The number of aliphatic carboxylic acids is 1. The average Bonchev–Trinajstić information content (AvgIpc) is 3.09. The minimum absolute atomic E-state index is 0.0236. The second-order valence-electron chi connectivity index (χ2n) is 12.5. The Labute approximate surface area is 206 Å². The van der Waals surface area contributed by atoms with Crippen molar-refractivity contribution in [2.24, 2.45) is 46.3 Å². The molecule has 0 unspecified atom stereocenters. The van der Waals surface area contributed by atoms with E-state index in [0.717, 1.165) is 32.1 Å². The number of rotatable bonds is 6. The lowest BCUT2D eigenvalue weighted by Gasteiger charge is -2.63. The number of alkyl halides is 3. The van der Waals surface area contributed by atoms with Gasteiger partial charge in [0.25, 0.3) is 0 Å². The molecule has 35 heavy (non-hydrogen) atoms. The number of aliphatic hydroxyl groups excluding tert-OH is 1. The molecule has 0 amide bonds. The Morgan fingerprint density at radius 1 is 1.06 bits per heavy atom. The van der Waals surface area contributed by atoms with Crippen LogP contribution in [0.25, 0.3) is 0 Å². The Morgan fingerprint density at radius 2 is 1.69 bits per heavy atom. The lowest BCUT2D eigenvalue weighted by molar-refractivity contribution is -0.141. The van der Waals surface area contributed by atoms with Gasteiger partial charge in [-0.2, -0.15) is 13.2 Å². The van der Waals surface area contributed by atoms with Crippen molar-refractivity contribution in [3.05, 3.63) is 0 Å². The molecule has 0 aromatic rings. The van der Waals surface area contributed by atoms with Gasteiger partial charge in [0, 0.05) is 12.5 Å². The molecule has 4 saturated carbocycles. The molecular weight excluding hydrogens is 483 g/mol. The van der Waals surface area contributed by atoms with E-state index in [4.69, 9.17) is 5.11 Å². The van der Waals surface area contributed by atoms with Gasteiger partial charge >= 0.3 is 21.5 Å². The fourth-order valence-corrected chi connectivity index (χ4v) is 9.95. The highest BCUT2D eigenvalue weighted by Crippen LogP contribution is 2.68. The van der Waals surface area contributed by atoms with Crippen LogP contribution in [0.4, 0.5) is 13.2 Å². The number of halogens is 3. The van der Waals surface area contributed by atoms with Gasteiger partial charge in [-0.1, -0.05) is 20.8 Å². The smallest absolute Gasteiger partial charge is 0.481 e. The average molecular weight is 524 g/mol. The summed E-state index contributed by atoms with van der Waals surface area (Å²) in [6, 6.07) is -0.812. The Bertz CT molecular complexity index is 927. The van der Waals surface area contributed by atoms with E-state index < -0.39 is 33.6 Å². The van der Waals surface area contributed by atoms with Gasteiger partial charge in [-0.3, -0.25) is 4.79 Å². The van der Waals surface area contributed by atoms with Crippen LogP contribution < -0.4 is 4.72 Å². The first-order valence-corrected chi connectivity index (χ1v) is 14.6. The number of carbonyl (C=O) groups is 1. The summed E-state index contributed by atoms with van der Waals surface area (Å²) in [5.41, 5.74) is -5.65. The molecule has 10 atom stereocenters. The molecule has 4 aliphatic carbocycles. The Morgan fingerprint density at radius 3 is 2.31 bits per heavy atom. The second-order valence-corrected chi connectivity index (χ2v) is 14.2. The maximum Gasteiger partial charge on any atom is 0.511 e. The van der Waals surface area contributed by atoms with Crippen LogP contribution >= 0.6 is 0 Å². The molecule has 6 nitrogen and oxygen atoms in total. The summed E-state index contributed by atoms with van der Waals surface area (Å²) in [6.45, 7) is 6.50. The van der Waals surface area contributed by atoms with Crippen molar-refractivity contribution in [2.75, 3.05) is 0 Å². The number of carboxylic acids is 1. The first-order chi connectivity index (χ1) is 16.1. The summed E-state index contributed by atoms with van der Waals surface area (Å²) >= 11 is 0. The van der Waals surface area contributed by atoms with Crippen molar-refractivity contribution in [1.29, 1.82) is 0 Å². The lowest BCUT2D eigenvalue weighted by atomic mass is 9.43. The zero-order chi connectivity index (χ0) is 26.0. The van der Waals surface area contributed by atoms with Gasteiger partial charge < -0.3 is 10.2 Å². The maximum atomic E-state index is 13.4. The van der Waals surface area contributed by atoms with Crippen molar-refractivity contribution < 1.29 is 36.6 Å². The van der Waals surface area contributed by atoms with Crippen LogP contribution in [0.2, 0.25) is 0 Å². The Hall–Kier alpha value is -0.870. The monoisotopic (exact) mass is 523 g/mol. The largest absolute Gasteiger partial charge is 0.511 e. The normalized spacial score (nSPS) is 44.7. The van der Waals surface area contributed by atoms with Gasteiger partial charge in [-0.25, -0.2) is 13.1 Å². The number of sulfonamides is 1. The van der Waals surface area contributed by atoms with E-state index in [1.54, 1.807) is 0 Å². The van der Waals surface area contributed by atoms with E-state index in [1.807, 2.05) is 0 Å². The highest BCUT2D eigenvalue weighted by atomic mass is 32.2. The molecule has 202 valence electrons. The molecule has 0 heterocycles. The van der Waals surface area contributed by atoms with Gasteiger partial charge in [-0.15, -0.1) is 0 Å². The van der Waals surface area contributed by atoms with Crippen LogP contribution in [0.3, 0.4) is 0 Å². The van der Waals surface area contributed by atoms with Gasteiger partial charge in [0.05, 0.1) is 6.10 Å². The van der Waals surface area contributed by atoms with Crippen LogP contribution in [-0.4, -0.2) is 42.3 Å². The summed E-state index contributed by atoms with van der Waals surface area (Å²) in [4.78, 5) is 11.1. The molecule has 0 spiro atoms. The minimum atomic E-state index is -5.49. The predicted molar refractivity (Wildman–Crippen MR) is 125 cm³/mol. The van der Waals surface area contributed by atoms with Crippen LogP contribution in [0.5, 0.6) is 0 Å². The van der Waals surface area contributed by atoms with Gasteiger partial charge in [0.1, 0.15) is 0 Å². The van der Waals surface area contributed by atoms with E-state index in [-0.39, 0.29) is 52.8 Å². The molecule has 10 heteroatoms. The number of hydrogen-bond acceptors (Lipinski definition) is 4. The summed E-state index contributed by atoms with van der Waals surface area (Å²) in [5, 5.41) is 19.5. The zero-order valence-electron chi connectivity index (χ0n) is 20.9. The third kappa shape index (κ3) is 4.65. The van der Waals surface area contributed by atoms with E-state index in [9.17, 15) is 31.5 Å². The minimum Gasteiger partial charge on any atom is -0.481 e. The highest BCUT2D eigenvalue weighted by Gasteiger charge is 2.64. The third-order valence-corrected chi connectivity index (χ3v) is 12.1. The standard InChI is InChI=1S/C25H40F3NO5S/c1-14(4-7-21(31)32)17-5-6-18-22-19(9-11-24(17,18)3)23(2)10-8-16(30)12-15(23)13-20(22)29-35(33,34)25(26,27)28/h14-20,22,29-30H,4-13H2,1-3H3,(H,31,32)/t14-,15+,16-,17-,18+,19+,20+,22+,23+,24-/m1/s1. The second kappa shape index (κ2) is 9.15. The summed E-state index contributed by atoms with van der Waals surface area (Å²) in [5.74, 6) is -0.410. The first-order valence-electron chi connectivity index (χ1n) is 13.1. The van der Waals surface area contributed by atoms with Crippen molar-refractivity contribution in [3.8, 4) is 0 Å². The quantitative estimate of drug-likeness (QED) is 0.458. The van der Waals surface area contributed by atoms with E-state index in [1.165, 1.54) is 0 Å². The number of fused-ring (bicyclic) bond motifs is 5. The topological polar surface area (TPSA) is 104 Å². The summed E-state index contributed by atoms with van der Waals surface area (Å²) < 4.78 is 66.8. The van der Waals surface area contributed by atoms with Gasteiger partial charge in [-0.05, 0) is 104 Å². The predicted octanol–water partition coefficient (Wildman–Crippen LogP) is 4.92. The SMILES string of the molecule is C[C@H](CCC(=O)O)[C@H]1CC[C@H]2[C@@H]3[C@@H](NS(=O)(=O)C(F)(F)F)C[C@@H]4C[C@H](O)CC[C@]4(C)[C@H]3CC[C@]12C. The van der Waals surface area contributed by atoms with Crippen LogP contribution in [-0.2, 0) is 14.8 Å².